The first-order valence-corrected chi connectivity index (χ1v) is 10.6. The standard InChI is InChI=1S/C18H27N3O3S/c1-15-14-16(7-8-17(15)21-13-4-6-18(21)22)25(23,24)19-9-5-12-20-10-2-3-11-20/h7-8,14,19H,2-6,9-13H2,1H3. The van der Waals surface area contributed by atoms with Gasteiger partial charge in [-0.1, -0.05) is 0 Å². The molecule has 0 bridgehead atoms. The lowest BCUT2D eigenvalue weighted by Gasteiger charge is -2.19. The van der Waals surface area contributed by atoms with Crippen LogP contribution >= 0.6 is 0 Å². The molecular weight excluding hydrogens is 338 g/mol. The Kier molecular flexibility index (Phi) is 5.76. The van der Waals surface area contributed by atoms with Crippen LogP contribution in [-0.2, 0) is 14.8 Å². The third-order valence-corrected chi connectivity index (χ3v) is 6.44. The van der Waals surface area contributed by atoms with Gasteiger partial charge in [0.25, 0.3) is 0 Å². The zero-order valence-corrected chi connectivity index (χ0v) is 15.6. The molecule has 25 heavy (non-hydrogen) atoms. The van der Waals surface area contributed by atoms with Gasteiger partial charge in [0.05, 0.1) is 4.90 Å². The first-order chi connectivity index (χ1) is 12.0. The summed E-state index contributed by atoms with van der Waals surface area (Å²) in [4.78, 5) is 16.3. The molecule has 2 aliphatic heterocycles. The highest BCUT2D eigenvalue weighted by Gasteiger charge is 2.24. The summed E-state index contributed by atoms with van der Waals surface area (Å²) in [6.45, 7) is 6.21. The number of benzene rings is 1. The maximum atomic E-state index is 12.5. The van der Waals surface area contributed by atoms with Crippen LogP contribution in [0.25, 0.3) is 0 Å². The second-order valence-corrected chi connectivity index (χ2v) is 8.66. The van der Waals surface area contributed by atoms with Crippen LogP contribution < -0.4 is 9.62 Å². The molecule has 0 saturated carbocycles. The first kappa shape index (κ1) is 18.4. The summed E-state index contributed by atoms with van der Waals surface area (Å²) in [5.41, 5.74) is 1.63. The minimum absolute atomic E-state index is 0.110. The first-order valence-electron chi connectivity index (χ1n) is 9.10. The predicted molar refractivity (Wildman–Crippen MR) is 98.2 cm³/mol. The fourth-order valence-electron chi connectivity index (χ4n) is 3.60. The molecule has 0 aromatic heterocycles. The Morgan fingerprint density at radius 3 is 2.52 bits per heavy atom. The number of carbonyl (C=O) groups excluding carboxylic acids is 1. The van der Waals surface area contributed by atoms with E-state index in [-0.39, 0.29) is 10.8 Å². The van der Waals surface area contributed by atoms with E-state index in [1.807, 2.05) is 6.92 Å². The smallest absolute Gasteiger partial charge is 0.240 e. The number of carbonyl (C=O) groups is 1. The minimum Gasteiger partial charge on any atom is -0.312 e. The van der Waals surface area contributed by atoms with E-state index in [9.17, 15) is 13.2 Å². The SMILES string of the molecule is Cc1cc(S(=O)(=O)NCCCN2CCCC2)ccc1N1CCCC1=O. The third kappa shape index (κ3) is 4.40. The van der Waals surface area contributed by atoms with Crippen molar-refractivity contribution in [3.63, 3.8) is 0 Å². The highest BCUT2D eigenvalue weighted by Crippen LogP contribution is 2.27. The molecule has 1 N–H and O–H groups in total. The Hall–Kier alpha value is -1.44. The van der Waals surface area contributed by atoms with Crippen molar-refractivity contribution in [2.75, 3.05) is 37.6 Å². The topological polar surface area (TPSA) is 69.7 Å². The maximum absolute atomic E-state index is 12.5. The van der Waals surface area contributed by atoms with Gasteiger partial charge < -0.3 is 9.80 Å². The van der Waals surface area contributed by atoms with E-state index in [1.54, 1.807) is 23.1 Å². The maximum Gasteiger partial charge on any atom is 0.240 e. The van der Waals surface area contributed by atoms with Crippen LogP contribution in [-0.4, -0.2) is 51.9 Å². The average Bonchev–Trinajstić information content (AvgIpc) is 3.23. The summed E-state index contributed by atoms with van der Waals surface area (Å²) < 4.78 is 27.6. The Balaban J connectivity index is 1.59. The summed E-state index contributed by atoms with van der Waals surface area (Å²) in [7, 11) is -3.50. The number of aryl methyl sites for hydroxylation is 1. The molecule has 6 nitrogen and oxygen atoms in total. The number of sulfonamides is 1. The lowest BCUT2D eigenvalue weighted by Crippen LogP contribution is -2.29. The van der Waals surface area contributed by atoms with Gasteiger partial charge in [-0.3, -0.25) is 4.79 Å². The second kappa shape index (κ2) is 7.85. The molecule has 0 aliphatic carbocycles. The fraction of sp³-hybridized carbons (Fsp3) is 0.611. The monoisotopic (exact) mass is 365 g/mol. The molecule has 7 heteroatoms. The molecule has 138 valence electrons. The van der Waals surface area contributed by atoms with Crippen molar-refractivity contribution in [2.24, 2.45) is 0 Å². The summed E-state index contributed by atoms with van der Waals surface area (Å²) >= 11 is 0. The molecule has 1 aromatic rings. The average molecular weight is 365 g/mol. The van der Waals surface area contributed by atoms with E-state index in [1.165, 1.54) is 12.8 Å². The van der Waals surface area contributed by atoms with Crippen molar-refractivity contribution in [3.05, 3.63) is 23.8 Å². The van der Waals surface area contributed by atoms with Crippen molar-refractivity contribution < 1.29 is 13.2 Å². The van der Waals surface area contributed by atoms with Crippen LogP contribution in [0.15, 0.2) is 23.1 Å². The quantitative estimate of drug-likeness (QED) is 0.749. The molecule has 0 atom stereocenters. The van der Waals surface area contributed by atoms with Crippen LogP contribution in [0.1, 0.15) is 37.7 Å². The van der Waals surface area contributed by atoms with Crippen LogP contribution in [0, 0.1) is 6.92 Å². The van der Waals surface area contributed by atoms with Gasteiger partial charge in [-0.2, -0.15) is 0 Å². The molecule has 2 aliphatic rings. The minimum atomic E-state index is -3.50. The van der Waals surface area contributed by atoms with Crippen molar-refractivity contribution in [1.82, 2.24) is 9.62 Å². The Morgan fingerprint density at radius 1 is 1.12 bits per heavy atom. The molecule has 2 fully saturated rings. The van der Waals surface area contributed by atoms with Crippen molar-refractivity contribution >= 4 is 21.6 Å². The number of rotatable bonds is 7. The van der Waals surface area contributed by atoms with Gasteiger partial charge in [0.15, 0.2) is 0 Å². The highest BCUT2D eigenvalue weighted by atomic mass is 32.2. The van der Waals surface area contributed by atoms with Crippen LogP contribution in [0.4, 0.5) is 5.69 Å². The van der Waals surface area contributed by atoms with E-state index >= 15 is 0 Å². The highest BCUT2D eigenvalue weighted by molar-refractivity contribution is 7.89. The summed E-state index contributed by atoms with van der Waals surface area (Å²) in [5.74, 6) is 0.110. The van der Waals surface area contributed by atoms with E-state index in [4.69, 9.17) is 0 Å². The molecule has 0 radical (unpaired) electrons. The van der Waals surface area contributed by atoms with Gasteiger partial charge in [0, 0.05) is 25.2 Å². The Morgan fingerprint density at radius 2 is 1.88 bits per heavy atom. The molecule has 3 rings (SSSR count). The van der Waals surface area contributed by atoms with E-state index < -0.39 is 10.0 Å². The fourth-order valence-corrected chi connectivity index (χ4v) is 4.76. The molecule has 0 spiro atoms. The van der Waals surface area contributed by atoms with Crippen molar-refractivity contribution in [2.45, 2.75) is 43.9 Å². The summed E-state index contributed by atoms with van der Waals surface area (Å²) in [6.07, 6.45) is 4.74. The summed E-state index contributed by atoms with van der Waals surface area (Å²) in [5, 5.41) is 0. The van der Waals surface area contributed by atoms with Crippen molar-refractivity contribution in [3.8, 4) is 0 Å². The zero-order valence-electron chi connectivity index (χ0n) is 14.8. The van der Waals surface area contributed by atoms with Gasteiger partial charge in [0.2, 0.25) is 15.9 Å². The molecule has 2 heterocycles. The Bertz CT molecular complexity index is 727. The van der Waals surface area contributed by atoms with Gasteiger partial charge in [-0.15, -0.1) is 0 Å². The molecule has 2 saturated heterocycles. The molecular formula is C18H27N3O3S. The van der Waals surface area contributed by atoms with Gasteiger partial charge in [-0.05, 0) is 76.0 Å². The van der Waals surface area contributed by atoms with Crippen LogP contribution in [0.3, 0.4) is 0 Å². The van der Waals surface area contributed by atoms with Gasteiger partial charge in [0.1, 0.15) is 0 Å². The van der Waals surface area contributed by atoms with Crippen LogP contribution in [0.2, 0.25) is 0 Å². The summed E-state index contributed by atoms with van der Waals surface area (Å²) in [6, 6.07) is 5.00. The lowest BCUT2D eigenvalue weighted by molar-refractivity contribution is -0.117. The molecule has 1 aromatic carbocycles. The zero-order chi connectivity index (χ0) is 17.9. The number of anilines is 1. The molecule has 0 unspecified atom stereocenters. The number of likely N-dealkylation sites (tertiary alicyclic amines) is 1. The second-order valence-electron chi connectivity index (χ2n) is 6.90. The number of hydrogen-bond donors (Lipinski definition) is 1. The number of amides is 1. The number of nitrogens with zero attached hydrogens (tertiary/aromatic N) is 2. The van der Waals surface area contributed by atoms with Gasteiger partial charge in [-0.25, -0.2) is 13.1 Å². The van der Waals surface area contributed by atoms with Crippen molar-refractivity contribution in [1.29, 1.82) is 0 Å². The number of hydrogen-bond acceptors (Lipinski definition) is 4. The van der Waals surface area contributed by atoms with E-state index in [2.05, 4.69) is 9.62 Å². The van der Waals surface area contributed by atoms with Gasteiger partial charge >= 0.3 is 0 Å². The van der Waals surface area contributed by atoms with E-state index in [0.717, 1.165) is 43.7 Å². The van der Waals surface area contributed by atoms with Crippen LogP contribution in [0.5, 0.6) is 0 Å². The third-order valence-electron chi connectivity index (χ3n) is 4.98. The lowest BCUT2D eigenvalue weighted by atomic mass is 10.2. The Labute approximate surface area is 150 Å². The largest absolute Gasteiger partial charge is 0.312 e. The predicted octanol–water partition coefficient (Wildman–Crippen LogP) is 1.89. The van der Waals surface area contributed by atoms with E-state index in [0.29, 0.717) is 19.5 Å². The number of nitrogens with one attached hydrogen (secondary N) is 1. The molecule has 1 amide bonds. The normalized spacial score (nSPS) is 19.1.